The molecule has 1 aliphatic rings. The number of carboxylic acids is 1. The number of aromatic amines is 1. The minimum Gasteiger partial charge on any atom is -0.497 e. The topological polar surface area (TPSA) is 87.7 Å². The summed E-state index contributed by atoms with van der Waals surface area (Å²) in [5.41, 5.74) is 2.86. The Morgan fingerprint density at radius 2 is 2.10 bits per heavy atom. The molecule has 2 aromatic carbocycles. The van der Waals surface area contributed by atoms with Gasteiger partial charge in [-0.2, -0.15) is 0 Å². The van der Waals surface area contributed by atoms with Gasteiger partial charge in [0.1, 0.15) is 24.3 Å². The van der Waals surface area contributed by atoms with Crippen LogP contribution in [0, 0.1) is 0 Å². The van der Waals surface area contributed by atoms with Crippen LogP contribution >= 0.6 is 0 Å². The van der Waals surface area contributed by atoms with Crippen molar-refractivity contribution in [2.45, 2.75) is 32.1 Å². The van der Waals surface area contributed by atoms with Crippen molar-refractivity contribution < 1.29 is 19.4 Å². The number of piperidine rings is 1. The van der Waals surface area contributed by atoms with Gasteiger partial charge in [-0.25, -0.2) is 9.78 Å². The molecule has 1 aromatic heterocycles. The van der Waals surface area contributed by atoms with Crippen LogP contribution in [0.3, 0.4) is 0 Å². The van der Waals surface area contributed by atoms with E-state index in [1.165, 1.54) is 6.26 Å². The van der Waals surface area contributed by atoms with Crippen molar-refractivity contribution in [1.82, 2.24) is 14.9 Å². The van der Waals surface area contributed by atoms with Gasteiger partial charge < -0.3 is 19.6 Å². The molecule has 0 bridgehead atoms. The fourth-order valence-corrected chi connectivity index (χ4v) is 3.72. The first-order chi connectivity index (χ1) is 14.6. The summed E-state index contributed by atoms with van der Waals surface area (Å²) in [6.45, 7) is 6.60. The van der Waals surface area contributed by atoms with Crippen molar-refractivity contribution >= 4 is 17.0 Å². The van der Waals surface area contributed by atoms with Crippen molar-refractivity contribution in [2.24, 2.45) is 0 Å². The Hall–Kier alpha value is -3.32. The van der Waals surface area contributed by atoms with Crippen molar-refractivity contribution in [1.29, 1.82) is 0 Å². The molecule has 3 aromatic rings. The van der Waals surface area contributed by atoms with Crippen LogP contribution in [0.1, 0.15) is 34.6 Å². The summed E-state index contributed by atoms with van der Waals surface area (Å²) in [5, 5.41) is 9.13. The van der Waals surface area contributed by atoms with Crippen LogP contribution in [0.4, 0.5) is 0 Å². The molecule has 7 nitrogen and oxygen atoms in total. The molecule has 0 saturated carbocycles. The van der Waals surface area contributed by atoms with Gasteiger partial charge in [0.2, 0.25) is 0 Å². The van der Waals surface area contributed by atoms with Crippen LogP contribution in [0.5, 0.6) is 5.75 Å². The molecule has 0 atom stereocenters. The zero-order chi connectivity index (χ0) is 20.9. The number of likely N-dealkylation sites (tertiary alicyclic amines) is 1. The number of benzene rings is 2. The SMILES string of the molecule is C=COCc1cccc(OC2CCN(Cc3nc4ccc(C(=O)O)cc4[nH]3)CC2)c1. The summed E-state index contributed by atoms with van der Waals surface area (Å²) < 4.78 is 11.4. The number of aromatic nitrogens is 2. The highest BCUT2D eigenvalue weighted by Gasteiger charge is 2.21. The number of aromatic carboxylic acids is 1. The maximum Gasteiger partial charge on any atom is 0.335 e. The molecule has 7 heteroatoms. The number of H-pyrrole nitrogens is 1. The number of fused-ring (bicyclic) bond motifs is 1. The van der Waals surface area contributed by atoms with Crippen LogP contribution in [-0.2, 0) is 17.9 Å². The molecule has 0 radical (unpaired) electrons. The standard InChI is InChI=1S/C23H25N3O4/c1-2-29-15-16-4-3-5-19(12-16)30-18-8-10-26(11-9-18)14-22-24-20-7-6-17(23(27)28)13-21(20)25-22/h2-7,12-13,18H,1,8-11,14-15H2,(H,24,25)(H,27,28). The van der Waals surface area contributed by atoms with Crippen LogP contribution in [0.2, 0.25) is 0 Å². The van der Waals surface area contributed by atoms with Crippen molar-refractivity contribution in [2.75, 3.05) is 13.1 Å². The molecular weight excluding hydrogens is 382 g/mol. The van der Waals surface area contributed by atoms with Crippen molar-refractivity contribution in [3.05, 3.63) is 72.3 Å². The number of hydrogen-bond donors (Lipinski definition) is 2. The Morgan fingerprint density at radius 1 is 1.27 bits per heavy atom. The minimum absolute atomic E-state index is 0.186. The lowest BCUT2D eigenvalue weighted by molar-refractivity contribution is 0.0697. The monoisotopic (exact) mass is 407 g/mol. The van der Waals surface area contributed by atoms with E-state index in [-0.39, 0.29) is 11.7 Å². The number of hydrogen-bond acceptors (Lipinski definition) is 5. The summed E-state index contributed by atoms with van der Waals surface area (Å²) in [5.74, 6) is 0.779. The molecule has 1 fully saturated rings. The first-order valence-corrected chi connectivity index (χ1v) is 10.0. The number of nitrogens with one attached hydrogen (secondary N) is 1. The Morgan fingerprint density at radius 3 is 2.87 bits per heavy atom. The second kappa shape index (κ2) is 9.00. The van der Waals surface area contributed by atoms with Crippen LogP contribution in [0.15, 0.2) is 55.3 Å². The Balaban J connectivity index is 1.31. The average Bonchev–Trinajstić information content (AvgIpc) is 3.15. The third-order valence-electron chi connectivity index (χ3n) is 5.25. The highest BCUT2D eigenvalue weighted by atomic mass is 16.5. The number of ether oxygens (including phenoxy) is 2. The largest absolute Gasteiger partial charge is 0.497 e. The first kappa shape index (κ1) is 20.0. The van der Waals surface area contributed by atoms with E-state index in [2.05, 4.69) is 21.4 Å². The quantitative estimate of drug-likeness (QED) is 0.550. The fraction of sp³-hybridized carbons (Fsp3) is 0.304. The number of rotatable bonds is 8. The number of nitrogens with zero attached hydrogens (tertiary/aromatic N) is 2. The second-order valence-electron chi connectivity index (χ2n) is 7.44. The zero-order valence-electron chi connectivity index (χ0n) is 16.7. The van der Waals surface area contributed by atoms with Crippen LogP contribution in [-0.4, -0.2) is 45.1 Å². The summed E-state index contributed by atoms with van der Waals surface area (Å²) in [7, 11) is 0. The summed E-state index contributed by atoms with van der Waals surface area (Å²) >= 11 is 0. The molecule has 1 saturated heterocycles. The maximum atomic E-state index is 11.1. The highest BCUT2D eigenvalue weighted by Crippen LogP contribution is 2.22. The molecule has 0 amide bonds. The summed E-state index contributed by atoms with van der Waals surface area (Å²) in [6, 6.07) is 12.9. The Bertz CT molecular complexity index is 1040. The van der Waals surface area contributed by atoms with E-state index in [0.717, 1.165) is 54.1 Å². The van der Waals surface area contributed by atoms with Gasteiger partial charge in [-0.1, -0.05) is 18.7 Å². The normalized spacial score (nSPS) is 15.2. The van der Waals surface area contributed by atoms with Gasteiger partial charge in [-0.05, 0) is 48.7 Å². The summed E-state index contributed by atoms with van der Waals surface area (Å²) in [6.07, 6.45) is 3.51. The number of imidazole rings is 1. The predicted octanol–water partition coefficient (Wildman–Crippen LogP) is 3.96. The van der Waals surface area contributed by atoms with Gasteiger partial charge >= 0.3 is 5.97 Å². The molecule has 0 unspecified atom stereocenters. The lowest BCUT2D eigenvalue weighted by Crippen LogP contribution is -2.38. The fourth-order valence-electron chi connectivity index (χ4n) is 3.72. The molecule has 2 N–H and O–H groups in total. The van der Waals surface area contributed by atoms with Gasteiger partial charge in [0.05, 0.1) is 29.4 Å². The van der Waals surface area contributed by atoms with E-state index in [0.29, 0.717) is 13.2 Å². The van der Waals surface area contributed by atoms with Gasteiger partial charge in [0, 0.05) is 13.1 Å². The van der Waals surface area contributed by atoms with E-state index < -0.39 is 5.97 Å². The van der Waals surface area contributed by atoms with E-state index in [1.54, 1.807) is 18.2 Å². The molecule has 0 spiro atoms. The molecular formula is C23H25N3O4. The third-order valence-corrected chi connectivity index (χ3v) is 5.25. The minimum atomic E-state index is -0.936. The van der Waals surface area contributed by atoms with Gasteiger partial charge in [-0.3, -0.25) is 4.90 Å². The molecule has 0 aliphatic carbocycles. The maximum absolute atomic E-state index is 11.1. The van der Waals surface area contributed by atoms with Crippen molar-refractivity contribution in [3.63, 3.8) is 0 Å². The van der Waals surface area contributed by atoms with Gasteiger partial charge in [0.15, 0.2) is 0 Å². The number of carbonyl (C=O) groups is 1. The first-order valence-electron chi connectivity index (χ1n) is 10.0. The molecule has 2 heterocycles. The van der Waals surface area contributed by atoms with Crippen LogP contribution in [0.25, 0.3) is 11.0 Å². The lowest BCUT2D eigenvalue weighted by atomic mass is 10.1. The van der Waals surface area contributed by atoms with Crippen LogP contribution < -0.4 is 4.74 Å². The van der Waals surface area contributed by atoms with E-state index >= 15 is 0 Å². The predicted molar refractivity (Wildman–Crippen MR) is 113 cm³/mol. The van der Waals surface area contributed by atoms with Gasteiger partial charge in [-0.15, -0.1) is 0 Å². The van der Waals surface area contributed by atoms with E-state index in [9.17, 15) is 4.79 Å². The lowest BCUT2D eigenvalue weighted by Gasteiger charge is -2.31. The zero-order valence-corrected chi connectivity index (χ0v) is 16.7. The Kier molecular flexibility index (Phi) is 5.99. The van der Waals surface area contributed by atoms with Crippen molar-refractivity contribution in [3.8, 4) is 5.75 Å². The second-order valence-corrected chi connectivity index (χ2v) is 7.44. The average molecular weight is 407 g/mol. The smallest absolute Gasteiger partial charge is 0.335 e. The summed E-state index contributed by atoms with van der Waals surface area (Å²) in [4.78, 5) is 21.3. The Labute approximate surface area is 174 Å². The van der Waals surface area contributed by atoms with E-state index in [1.807, 2.05) is 24.3 Å². The molecule has 30 heavy (non-hydrogen) atoms. The molecule has 4 rings (SSSR count). The number of carboxylic acid groups (broad SMARTS) is 1. The van der Waals surface area contributed by atoms with Gasteiger partial charge in [0.25, 0.3) is 0 Å². The molecule has 1 aliphatic heterocycles. The highest BCUT2D eigenvalue weighted by molar-refractivity contribution is 5.92. The third kappa shape index (κ3) is 4.80. The molecule has 156 valence electrons. The van der Waals surface area contributed by atoms with E-state index in [4.69, 9.17) is 14.6 Å².